The molecule has 0 aromatic heterocycles. The Morgan fingerprint density at radius 2 is 0.516 bits per heavy atom. The molecule has 0 aliphatic heterocycles. The Morgan fingerprint density at radius 1 is 0.323 bits per heavy atom. The summed E-state index contributed by atoms with van der Waals surface area (Å²) in [5.74, 6) is 0. The fourth-order valence-corrected chi connectivity index (χ4v) is 14.4. The maximum atomic E-state index is 6.57. The molecule has 31 heavy (non-hydrogen) atoms. The van der Waals surface area contributed by atoms with Crippen LogP contribution in [-0.4, -0.2) is 54.0 Å². The Morgan fingerprint density at radius 3 is 0.677 bits per heavy atom. The summed E-state index contributed by atoms with van der Waals surface area (Å²) in [6.07, 6.45) is 16.3. The standard InChI is InChI=1S/5C5H11O.Bi/c5*1-2-3-4-5-6;/h5*2-5H2,1H3;/q5*-1;+5. The van der Waals surface area contributed by atoms with Crippen molar-refractivity contribution in [2.75, 3.05) is 33.0 Å². The predicted octanol–water partition coefficient (Wildman–Crippen LogP) is 7.91. The molecular formula is C25H55BiO5. The van der Waals surface area contributed by atoms with Gasteiger partial charge in [-0.05, 0) is 0 Å². The summed E-state index contributed by atoms with van der Waals surface area (Å²) < 4.78 is 32.8. The minimum absolute atomic E-state index is 0.587. The first-order valence-electron chi connectivity index (χ1n) is 13.4. The van der Waals surface area contributed by atoms with Crippen molar-refractivity contribution >= 4 is 21.0 Å². The van der Waals surface area contributed by atoms with Crippen molar-refractivity contribution in [1.82, 2.24) is 0 Å². The molecule has 0 aromatic carbocycles. The van der Waals surface area contributed by atoms with E-state index in [1.54, 1.807) is 0 Å². The molecule has 0 N–H and O–H groups in total. The van der Waals surface area contributed by atoms with Gasteiger partial charge in [-0.3, -0.25) is 0 Å². The van der Waals surface area contributed by atoms with E-state index in [-0.39, 0.29) is 0 Å². The summed E-state index contributed by atoms with van der Waals surface area (Å²) in [5.41, 5.74) is 0. The summed E-state index contributed by atoms with van der Waals surface area (Å²) in [5, 5.41) is 0. The van der Waals surface area contributed by atoms with E-state index in [2.05, 4.69) is 34.6 Å². The second kappa shape index (κ2) is 21.2. The number of rotatable bonds is 25. The zero-order chi connectivity index (χ0) is 23.1. The molecule has 0 fully saturated rings. The molecule has 5 nitrogen and oxygen atoms in total. The Balaban J connectivity index is 5.60. The normalized spacial score (nSPS) is 13.4. The fraction of sp³-hybridized carbons (Fsp3) is 1.00. The zero-order valence-electron chi connectivity index (χ0n) is 21.6. The first-order chi connectivity index (χ1) is 15.1. The fourth-order valence-electron chi connectivity index (χ4n) is 3.20. The molecule has 190 valence electrons. The molecule has 0 spiro atoms. The van der Waals surface area contributed by atoms with Crippen LogP contribution in [0.3, 0.4) is 0 Å². The minimum atomic E-state index is -5.28. The van der Waals surface area contributed by atoms with Gasteiger partial charge >= 0.3 is 199 Å². The van der Waals surface area contributed by atoms with Crippen LogP contribution in [0.4, 0.5) is 0 Å². The summed E-state index contributed by atoms with van der Waals surface area (Å²) in [7, 11) is 0. The summed E-state index contributed by atoms with van der Waals surface area (Å²) in [6.45, 7) is 14.0. The molecule has 0 aromatic rings. The molecule has 0 saturated heterocycles. The van der Waals surface area contributed by atoms with Gasteiger partial charge in [-0.15, -0.1) is 0 Å². The van der Waals surface area contributed by atoms with Crippen LogP contribution in [-0.2, 0) is 14.1 Å². The van der Waals surface area contributed by atoms with Gasteiger partial charge in [-0.1, -0.05) is 0 Å². The van der Waals surface area contributed by atoms with E-state index in [1.165, 1.54) is 0 Å². The van der Waals surface area contributed by atoms with Crippen LogP contribution in [0.2, 0.25) is 0 Å². The van der Waals surface area contributed by atoms with Crippen molar-refractivity contribution in [1.29, 1.82) is 0 Å². The molecule has 0 heterocycles. The van der Waals surface area contributed by atoms with Crippen LogP contribution in [0.25, 0.3) is 0 Å². The third-order valence-corrected chi connectivity index (χ3v) is 17.0. The van der Waals surface area contributed by atoms with Gasteiger partial charge in [0.1, 0.15) is 0 Å². The van der Waals surface area contributed by atoms with Gasteiger partial charge in [0.25, 0.3) is 0 Å². The summed E-state index contributed by atoms with van der Waals surface area (Å²) in [6, 6.07) is 0. The second-order valence-corrected chi connectivity index (χ2v) is 19.3. The summed E-state index contributed by atoms with van der Waals surface area (Å²) in [4.78, 5) is 0. The molecule has 0 atom stereocenters. The van der Waals surface area contributed by atoms with Crippen molar-refractivity contribution in [3.05, 3.63) is 0 Å². The van der Waals surface area contributed by atoms with E-state index < -0.39 is 21.0 Å². The van der Waals surface area contributed by atoms with Gasteiger partial charge in [0.15, 0.2) is 0 Å². The van der Waals surface area contributed by atoms with E-state index in [1.807, 2.05) is 0 Å². The molecule has 0 rings (SSSR count). The van der Waals surface area contributed by atoms with Crippen LogP contribution >= 0.6 is 0 Å². The SMILES string of the molecule is CCCCC[O][Bi]([O]CCCCC)([O]CCCCC)([O]CCCCC)[O]CCCCC. The quantitative estimate of drug-likeness (QED) is 0.0747. The molecule has 0 saturated carbocycles. The molecule has 0 amide bonds. The van der Waals surface area contributed by atoms with Crippen LogP contribution in [0.15, 0.2) is 0 Å². The third kappa shape index (κ3) is 15.3. The van der Waals surface area contributed by atoms with E-state index in [9.17, 15) is 0 Å². The number of hydrogen-bond acceptors (Lipinski definition) is 5. The van der Waals surface area contributed by atoms with Gasteiger partial charge in [0.05, 0.1) is 0 Å². The molecule has 0 unspecified atom stereocenters. The Hall–Kier alpha value is 0.683. The molecule has 0 radical (unpaired) electrons. The van der Waals surface area contributed by atoms with Crippen molar-refractivity contribution in [3.8, 4) is 0 Å². The Kier molecular flexibility index (Phi) is 21.7. The molecule has 0 aliphatic carbocycles. The predicted molar refractivity (Wildman–Crippen MR) is 133 cm³/mol. The molecular weight excluding hydrogens is 589 g/mol. The summed E-state index contributed by atoms with van der Waals surface area (Å²) >= 11 is -5.28. The van der Waals surface area contributed by atoms with E-state index >= 15 is 0 Å². The van der Waals surface area contributed by atoms with Gasteiger partial charge in [0.2, 0.25) is 0 Å². The molecule has 6 heteroatoms. The van der Waals surface area contributed by atoms with Gasteiger partial charge in [-0.25, -0.2) is 0 Å². The number of hydrogen-bond donors (Lipinski definition) is 0. The Bertz CT molecular complexity index is 294. The Labute approximate surface area is 198 Å². The van der Waals surface area contributed by atoms with Gasteiger partial charge in [-0.2, -0.15) is 0 Å². The van der Waals surface area contributed by atoms with Gasteiger partial charge < -0.3 is 0 Å². The first kappa shape index (κ1) is 31.7. The first-order valence-corrected chi connectivity index (χ1v) is 20.5. The third-order valence-electron chi connectivity index (χ3n) is 5.25. The topological polar surface area (TPSA) is 46.2 Å². The molecule has 0 bridgehead atoms. The van der Waals surface area contributed by atoms with Crippen molar-refractivity contribution in [2.45, 2.75) is 131 Å². The van der Waals surface area contributed by atoms with Gasteiger partial charge in [0, 0.05) is 0 Å². The van der Waals surface area contributed by atoms with Crippen molar-refractivity contribution < 1.29 is 14.1 Å². The van der Waals surface area contributed by atoms with Crippen LogP contribution < -0.4 is 0 Å². The number of unbranched alkanes of at least 4 members (excludes halogenated alkanes) is 10. The van der Waals surface area contributed by atoms with Crippen LogP contribution in [0.5, 0.6) is 0 Å². The van der Waals surface area contributed by atoms with Crippen LogP contribution in [0, 0.1) is 0 Å². The van der Waals surface area contributed by atoms with E-state index in [0.717, 1.165) is 96.3 Å². The monoisotopic (exact) mass is 644 g/mol. The average Bonchev–Trinajstić information content (AvgIpc) is 2.78. The van der Waals surface area contributed by atoms with Crippen molar-refractivity contribution in [3.63, 3.8) is 0 Å². The second-order valence-electron chi connectivity index (χ2n) is 8.45. The average molecular weight is 645 g/mol. The molecule has 0 aliphatic rings. The maximum absolute atomic E-state index is 6.57. The van der Waals surface area contributed by atoms with E-state index in [0.29, 0.717) is 33.0 Å². The van der Waals surface area contributed by atoms with Crippen LogP contribution in [0.1, 0.15) is 131 Å². The van der Waals surface area contributed by atoms with E-state index in [4.69, 9.17) is 14.1 Å². The van der Waals surface area contributed by atoms with Crippen molar-refractivity contribution in [2.24, 2.45) is 0 Å². The zero-order valence-corrected chi connectivity index (χ0v) is 25.1.